The van der Waals surface area contributed by atoms with Crippen LogP contribution in [0.4, 0.5) is 5.69 Å². The molecule has 0 saturated carbocycles. The fraction of sp³-hybridized carbons (Fsp3) is 0.400. The van der Waals surface area contributed by atoms with Gasteiger partial charge in [-0.05, 0) is 47.5 Å². The normalized spacial score (nSPS) is 16.9. The Morgan fingerprint density at radius 3 is 2.86 bits per heavy atom. The monoisotopic (exact) mass is 393 g/mol. The minimum absolute atomic E-state index is 0.0445. The van der Waals surface area contributed by atoms with Crippen LogP contribution in [0.2, 0.25) is 0 Å². The number of rotatable bonds is 5. The summed E-state index contributed by atoms with van der Waals surface area (Å²) in [6.45, 7) is 5.87. The van der Waals surface area contributed by atoms with E-state index < -0.39 is 0 Å². The van der Waals surface area contributed by atoms with Crippen LogP contribution in [0.1, 0.15) is 16.1 Å². The summed E-state index contributed by atoms with van der Waals surface area (Å²) < 4.78 is 7.47. The van der Waals surface area contributed by atoms with E-state index in [0.29, 0.717) is 12.4 Å². The molecule has 1 aromatic carbocycles. The predicted octanol–water partition coefficient (Wildman–Crippen LogP) is 1.20. The molecular weight excluding hydrogens is 370 g/mol. The Hall–Kier alpha value is -3.04. The summed E-state index contributed by atoms with van der Waals surface area (Å²) in [5.74, 6) is 0.609. The molecule has 2 aromatic heterocycles. The lowest BCUT2D eigenvalue weighted by Gasteiger charge is -2.27. The average Bonchev–Trinajstić information content (AvgIpc) is 3.52. The van der Waals surface area contributed by atoms with Gasteiger partial charge < -0.3 is 14.2 Å². The lowest BCUT2D eigenvalue weighted by atomic mass is 10.1. The maximum absolute atomic E-state index is 13.3. The number of fused-ring (bicyclic) bond motifs is 1. The van der Waals surface area contributed by atoms with Gasteiger partial charge in [0.15, 0.2) is 0 Å². The molecule has 150 valence electrons. The summed E-state index contributed by atoms with van der Waals surface area (Å²) in [5, 5.41) is 14.2. The Labute approximate surface area is 168 Å². The first-order valence-corrected chi connectivity index (χ1v) is 9.93. The third-order valence-corrected chi connectivity index (χ3v) is 5.63. The summed E-state index contributed by atoms with van der Waals surface area (Å²) in [6.07, 6.45) is 2.81. The molecular formula is C20H23N7O2. The number of anilines is 1. The minimum Gasteiger partial charge on any atom is -0.379 e. The van der Waals surface area contributed by atoms with E-state index in [9.17, 15) is 4.79 Å². The van der Waals surface area contributed by atoms with Crippen molar-refractivity contribution in [3.8, 4) is 11.4 Å². The number of aromatic nitrogens is 5. The summed E-state index contributed by atoms with van der Waals surface area (Å²) in [5.41, 5.74) is 3.73. The zero-order valence-electron chi connectivity index (χ0n) is 16.1. The molecule has 3 aromatic rings. The van der Waals surface area contributed by atoms with E-state index in [0.717, 1.165) is 68.3 Å². The van der Waals surface area contributed by atoms with Crippen molar-refractivity contribution >= 4 is 11.6 Å². The highest BCUT2D eigenvalue weighted by Crippen LogP contribution is 2.32. The number of benzene rings is 1. The molecule has 0 bridgehead atoms. The highest BCUT2D eigenvalue weighted by molar-refractivity contribution is 6.06. The van der Waals surface area contributed by atoms with Gasteiger partial charge >= 0.3 is 0 Å². The van der Waals surface area contributed by atoms with Gasteiger partial charge in [0.25, 0.3) is 5.91 Å². The van der Waals surface area contributed by atoms with Gasteiger partial charge in [0, 0.05) is 50.2 Å². The van der Waals surface area contributed by atoms with Gasteiger partial charge in [0.1, 0.15) is 5.69 Å². The van der Waals surface area contributed by atoms with Crippen LogP contribution in [0.25, 0.3) is 11.4 Å². The van der Waals surface area contributed by atoms with E-state index in [1.807, 2.05) is 41.4 Å². The highest BCUT2D eigenvalue weighted by atomic mass is 16.5. The van der Waals surface area contributed by atoms with E-state index >= 15 is 0 Å². The lowest BCUT2D eigenvalue weighted by molar-refractivity contribution is 0.0363. The fourth-order valence-electron chi connectivity index (χ4n) is 4.05. The predicted molar refractivity (Wildman–Crippen MR) is 107 cm³/mol. The van der Waals surface area contributed by atoms with E-state index in [1.165, 1.54) is 0 Å². The van der Waals surface area contributed by atoms with Crippen LogP contribution in [0.15, 0.2) is 36.5 Å². The smallest absolute Gasteiger partial charge is 0.274 e. The summed E-state index contributed by atoms with van der Waals surface area (Å²) >= 11 is 0. The Bertz CT molecular complexity index is 992. The second-order valence-corrected chi connectivity index (χ2v) is 7.33. The molecule has 1 amide bonds. The van der Waals surface area contributed by atoms with Gasteiger partial charge in [-0.15, -0.1) is 10.2 Å². The number of nitrogens with one attached hydrogen (secondary N) is 1. The third kappa shape index (κ3) is 3.54. The van der Waals surface area contributed by atoms with Crippen molar-refractivity contribution in [2.75, 3.05) is 44.3 Å². The van der Waals surface area contributed by atoms with Crippen LogP contribution in [-0.4, -0.2) is 75.4 Å². The van der Waals surface area contributed by atoms with Crippen molar-refractivity contribution < 1.29 is 9.53 Å². The first-order chi connectivity index (χ1) is 14.3. The molecule has 2 aliphatic rings. The molecule has 0 spiro atoms. The number of hydrogen-bond acceptors (Lipinski definition) is 6. The molecule has 4 heterocycles. The van der Waals surface area contributed by atoms with Crippen LogP contribution in [0.3, 0.4) is 0 Å². The molecule has 0 atom stereocenters. The van der Waals surface area contributed by atoms with Crippen molar-refractivity contribution in [1.82, 2.24) is 30.1 Å². The first kappa shape index (κ1) is 18.0. The van der Waals surface area contributed by atoms with E-state index in [1.54, 1.807) is 0 Å². The Balaban J connectivity index is 1.32. The molecule has 1 fully saturated rings. The molecule has 5 rings (SSSR count). The second kappa shape index (κ2) is 7.76. The van der Waals surface area contributed by atoms with Crippen LogP contribution >= 0.6 is 0 Å². The molecule has 2 aliphatic heterocycles. The summed E-state index contributed by atoms with van der Waals surface area (Å²) in [4.78, 5) is 17.5. The van der Waals surface area contributed by atoms with Gasteiger partial charge in [0.2, 0.25) is 5.82 Å². The van der Waals surface area contributed by atoms with Crippen LogP contribution in [0.5, 0.6) is 0 Å². The van der Waals surface area contributed by atoms with Gasteiger partial charge in [-0.1, -0.05) is 0 Å². The number of morpholine rings is 1. The number of nitrogens with zero attached hydrogens (tertiary/aromatic N) is 6. The van der Waals surface area contributed by atoms with Crippen molar-refractivity contribution in [1.29, 1.82) is 0 Å². The van der Waals surface area contributed by atoms with E-state index in [2.05, 4.69) is 30.1 Å². The second-order valence-electron chi connectivity index (χ2n) is 7.33. The maximum Gasteiger partial charge on any atom is 0.274 e. The summed E-state index contributed by atoms with van der Waals surface area (Å²) in [6, 6.07) is 9.82. The van der Waals surface area contributed by atoms with Gasteiger partial charge in [-0.3, -0.25) is 9.69 Å². The average molecular weight is 393 g/mol. The number of tetrazole rings is 1. The van der Waals surface area contributed by atoms with Crippen LogP contribution < -0.4 is 4.90 Å². The van der Waals surface area contributed by atoms with Crippen molar-refractivity contribution in [3.63, 3.8) is 0 Å². The SMILES string of the molecule is O=C(c1cccn1CCN1CCOCC1)N1CCc2cc(-c3nn[nH]n3)ccc21. The number of ether oxygens (including phenoxy) is 1. The molecule has 1 saturated heterocycles. The van der Waals surface area contributed by atoms with Crippen molar-refractivity contribution in [2.24, 2.45) is 0 Å². The maximum atomic E-state index is 13.3. The van der Waals surface area contributed by atoms with E-state index in [4.69, 9.17) is 4.74 Å². The highest BCUT2D eigenvalue weighted by Gasteiger charge is 2.28. The lowest BCUT2D eigenvalue weighted by Crippen LogP contribution is -2.38. The number of amides is 1. The van der Waals surface area contributed by atoms with Crippen molar-refractivity contribution in [3.05, 3.63) is 47.8 Å². The van der Waals surface area contributed by atoms with Gasteiger partial charge in [-0.2, -0.15) is 5.21 Å². The number of hydrogen-bond donors (Lipinski definition) is 1. The molecule has 1 N–H and O–H groups in total. The first-order valence-electron chi connectivity index (χ1n) is 9.93. The number of aromatic amines is 1. The zero-order chi connectivity index (χ0) is 19.6. The standard InChI is InChI=1S/C20H23N7O2/c28-20(18-2-1-6-26(18)9-8-25-10-12-29-13-11-25)27-7-5-15-14-16(3-4-17(15)27)19-21-23-24-22-19/h1-4,6,14H,5,7-13H2,(H,21,22,23,24). The number of H-pyrrole nitrogens is 1. The number of carbonyl (C=O) groups excluding carboxylic acids is 1. The van der Waals surface area contributed by atoms with Crippen LogP contribution in [0, 0.1) is 0 Å². The molecule has 0 aliphatic carbocycles. The van der Waals surface area contributed by atoms with Gasteiger partial charge in [0.05, 0.1) is 13.2 Å². The molecule has 9 nitrogen and oxygen atoms in total. The molecule has 29 heavy (non-hydrogen) atoms. The Morgan fingerprint density at radius 1 is 1.14 bits per heavy atom. The third-order valence-electron chi connectivity index (χ3n) is 5.63. The molecule has 0 radical (unpaired) electrons. The minimum atomic E-state index is 0.0445. The fourth-order valence-corrected chi connectivity index (χ4v) is 4.05. The quantitative estimate of drug-likeness (QED) is 0.700. The summed E-state index contributed by atoms with van der Waals surface area (Å²) in [7, 11) is 0. The Kier molecular flexibility index (Phi) is 4.82. The zero-order valence-corrected chi connectivity index (χ0v) is 16.1. The van der Waals surface area contributed by atoms with Gasteiger partial charge in [-0.25, -0.2) is 0 Å². The Morgan fingerprint density at radius 2 is 2.03 bits per heavy atom. The number of carbonyl (C=O) groups is 1. The largest absolute Gasteiger partial charge is 0.379 e. The van der Waals surface area contributed by atoms with E-state index in [-0.39, 0.29) is 5.91 Å². The van der Waals surface area contributed by atoms with Crippen LogP contribution in [-0.2, 0) is 17.7 Å². The molecule has 0 unspecified atom stereocenters. The van der Waals surface area contributed by atoms with Crippen molar-refractivity contribution in [2.45, 2.75) is 13.0 Å². The molecule has 9 heteroatoms. The topological polar surface area (TPSA) is 92.2 Å².